The third kappa shape index (κ3) is 3.55. The van der Waals surface area contributed by atoms with Gasteiger partial charge in [0.15, 0.2) is 0 Å². The van der Waals surface area contributed by atoms with Crippen molar-refractivity contribution in [3.8, 4) is 0 Å². The predicted molar refractivity (Wildman–Crippen MR) is 88.2 cm³/mol. The van der Waals surface area contributed by atoms with Crippen molar-refractivity contribution in [1.82, 2.24) is 14.7 Å². The first-order valence-electron chi connectivity index (χ1n) is 8.19. The summed E-state index contributed by atoms with van der Waals surface area (Å²) in [6, 6.07) is 10.3. The molecule has 1 aliphatic rings. The van der Waals surface area contributed by atoms with Gasteiger partial charge in [-0.25, -0.2) is 4.79 Å². The molecule has 0 unspecified atom stereocenters. The van der Waals surface area contributed by atoms with Gasteiger partial charge in [0.25, 0.3) is 0 Å². The number of hydrogen-bond donors (Lipinski definition) is 0. The molecule has 0 atom stereocenters. The van der Waals surface area contributed by atoms with E-state index in [1.54, 1.807) is 4.90 Å². The molecule has 2 aromatic rings. The monoisotopic (exact) mass is 313 g/mol. The van der Waals surface area contributed by atoms with Crippen LogP contribution in [-0.4, -0.2) is 33.9 Å². The van der Waals surface area contributed by atoms with Gasteiger partial charge in [-0.1, -0.05) is 24.3 Å². The standard InChI is InChI=1S/C18H23N3O2/c1-3-21-17(12-14(2)19-21)9-11-23-18(22)20-10-8-15-6-4-5-7-16(15)13-20/h4-7,12H,3,8-11,13H2,1-2H3. The second-order valence-electron chi connectivity index (χ2n) is 5.90. The highest BCUT2D eigenvalue weighted by Gasteiger charge is 2.21. The predicted octanol–water partition coefficient (Wildman–Crippen LogP) is 2.95. The molecule has 2 heterocycles. The van der Waals surface area contributed by atoms with E-state index >= 15 is 0 Å². The van der Waals surface area contributed by atoms with Gasteiger partial charge in [0.1, 0.15) is 0 Å². The van der Waals surface area contributed by atoms with Gasteiger partial charge in [-0.2, -0.15) is 5.10 Å². The average Bonchev–Trinajstić information content (AvgIpc) is 2.94. The van der Waals surface area contributed by atoms with Gasteiger partial charge >= 0.3 is 6.09 Å². The van der Waals surface area contributed by atoms with Crippen molar-refractivity contribution in [2.45, 2.75) is 39.8 Å². The Hall–Kier alpha value is -2.30. The second-order valence-corrected chi connectivity index (χ2v) is 5.90. The molecule has 0 aliphatic carbocycles. The highest BCUT2D eigenvalue weighted by atomic mass is 16.6. The van der Waals surface area contributed by atoms with Crippen LogP contribution in [0, 0.1) is 6.92 Å². The molecule has 0 bridgehead atoms. The van der Waals surface area contributed by atoms with Crippen molar-refractivity contribution in [3.05, 3.63) is 52.8 Å². The van der Waals surface area contributed by atoms with Crippen molar-refractivity contribution in [2.24, 2.45) is 0 Å². The fraction of sp³-hybridized carbons (Fsp3) is 0.444. The lowest BCUT2D eigenvalue weighted by molar-refractivity contribution is 0.0983. The first-order chi connectivity index (χ1) is 11.2. The van der Waals surface area contributed by atoms with E-state index in [0.717, 1.165) is 30.9 Å². The lowest BCUT2D eigenvalue weighted by atomic mass is 10.0. The third-order valence-electron chi connectivity index (χ3n) is 4.26. The topological polar surface area (TPSA) is 47.4 Å². The highest BCUT2D eigenvalue weighted by molar-refractivity contribution is 5.68. The second kappa shape index (κ2) is 6.86. The van der Waals surface area contributed by atoms with E-state index in [2.05, 4.69) is 30.2 Å². The molecule has 3 rings (SSSR count). The Morgan fingerprint density at radius 3 is 2.87 bits per heavy atom. The molecule has 5 heteroatoms. The summed E-state index contributed by atoms with van der Waals surface area (Å²) >= 11 is 0. The molecule has 1 aromatic carbocycles. The lowest BCUT2D eigenvalue weighted by Crippen LogP contribution is -2.36. The van der Waals surface area contributed by atoms with Crippen LogP contribution in [0.5, 0.6) is 0 Å². The Kier molecular flexibility index (Phi) is 4.65. The van der Waals surface area contributed by atoms with Crippen molar-refractivity contribution in [3.63, 3.8) is 0 Å². The number of ether oxygens (including phenoxy) is 1. The highest BCUT2D eigenvalue weighted by Crippen LogP contribution is 2.19. The number of nitrogens with zero attached hydrogens (tertiary/aromatic N) is 3. The van der Waals surface area contributed by atoms with Gasteiger partial charge in [0.2, 0.25) is 0 Å². The summed E-state index contributed by atoms with van der Waals surface area (Å²) < 4.78 is 7.41. The minimum absolute atomic E-state index is 0.223. The number of benzene rings is 1. The molecule has 1 amide bonds. The van der Waals surface area contributed by atoms with E-state index in [9.17, 15) is 4.79 Å². The molecule has 0 spiro atoms. The minimum Gasteiger partial charge on any atom is -0.449 e. The fourth-order valence-corrected chi connectivity index (χ4v) is 3.06. The van der Waals surface area contributed by atoms with Crippen molar-refractivity contribution in [1.29, 1.82) is 0 Å². The van der Waals surface area contributed by atoms with Gasteiger partial charge in [-0.3, -0.25) is 4.68 Å². The van der Waals surface area contributed by atoms with Gasteiger partial charge in [0, 0.05) is 31.7 Å². The quantitative estimate of drug-likeness (QED) is 0.872. The van der Waals surface area contributed by atoms with Crippen LogP contribution in [0.25, 0.3) is 0 Å². The maximum absolute atomic E-state index is 12.2. The largest absolute Gasteiger partial charge is 0.449 e. The van der Waals surface area contributed by atoms with Crippen molar-refractivity contribution in [2.75, 3.05) is 13.2 Å². The Morgan fingerprint density at radius 2 is 2.09 bits per heavy atom. The zero-order valence-electron chi connectivity index (χ0n) is 13.8. The molecule has 1 aliphatic heterocycles. The maximum Gasteiger partial charge on any atom is 0.410 e. The summed E-state index contributed by atoms with van der Waals surface area (Å²) in [4.78, 5) is 14.0. The summed E-state index contributed by atoms with van der Waals surface area (Å²) in [5.41, 5.74) is 4.66. The van der Waals surface area contributed by atoms with Crippen LogP contribution in [0.2, 0.25) is 0 Å². The molecular weight excluding hydrogens is 290 g/mol. The first-order valence-corrected chi connectivity index (χ1v) is 8.19. The number of carbonyl (C=O) groups excluding carboxylic acids is 1. The maximum atomic E-state index is 12.2. The minimum atomic E-state index is -0.223. The molecule has 0 fully saturated rings. The molecule has 0 N–H and O–H groups in total. The molecule has 0 radical (unpaired) electrons. The van der Waals surface area contributed by atoms with Crippen LogP contribution in [0.1, 0.15) is 29.4 Å². The summed E-state index contributed by atoms with van der Waals surface area (Å²) in [6.45, 7) is 6.63. The summed E-state index contributed by atoms with van der Waals surface area (Å²) in [5, 5.41) is 4.41. The van der Waals surface area contributed by atoms with Crippen LogP contribution in [0.15, 0.2) is 30.3 Å². The van der Waals surface area contributed by atoms with Crippen LogP contribution in [0.3, 0.4) is 0 Å². The first kappa shape index (κ1) is 15.6. The summed E-state index contributed by atoms with van der Waals surface area (Å²) in [6.07, 6.45) is 1.37. The molecule has 0 saturated carbocycles. The average molecular weight is 313 g/mol. The number of aryl methyl sites for hydroxylation is 2. The van der Waals surface area contributed by atoms with E-state index in [4.69, 9.17) is 4.74 Å². The summed E-state index contributed by atoms with van der Waals surface area (Å²) in [7, 11) is 0. The molecule has 122 valence electrons. The van der Waals surface area contributed by atoms with Crippen LogP contribution >= 0.6 is 0 Å². The van der Waals surface area contributed by atoms with Crippen LogP contribution in [-0.2, 0) is 30.7 Å². The molecular formula is C18H23N3O2. The van der Waals surface area contributed by atoms with Gasteiger partial charge in [0.05, 0.1) is 12.3 Å². The fourth-order valence-electron chi connectivity index (χ4n) is 3.06. The zero-order chi connectivity index (χ0) is 16.2. The van der Waals surface area contributed by atoms with Gasteiger partial charge in [-0.05, 0) is 37.5 Å². The van der Waals surface area contributed by atoms with E-state index in [0.29, 0.717) is 19.6 Å². The zero-order valence-corrected chi connectivity index (χ0v) is 13.8. The SMILES string of the molecule is CCn1nc(C)cc1CCOC(=O)N1CCc2ccccc2C1. The van der Waals surface area contributed by atoms with E-state index in [-0.39, 0.29) is 6.09 Å². The molecule has 1 aromatic heterocycles. The smallest absolute Gasteiger partial charge is 0.410 e. The van der Waals surface area contributed by atoms with Crippen molar-refractivity contribution >= 4 is 6.09 Å². The Balaban J connectivity index is 1.52. The Morgan fingerprint density at radius 1 is 1.30 bits per heavy atom. The van der Waals surface area contributed by atoms with E-state index in [1.165, 1.54) is 11.1 Å². The van der Waals surface area contributed by atoms with E-state index in [1.807, 2.05) is 23.7 Å². The Labute approximate surface area is 136 Å². The Bertz CT molecular complexity index is 693. The van der Waals surface area contributed by atoms with Crippen LogP contribution in [0.4, 0.5) is 4.79 Å². The van der Waals surface area contributed by atoms with Crippen LogP contribution < -0.4 is 0 Å². The molecule has 5 nitrogen and oxygen atoms in total. The number of aromatic nitrogens is 2. The van der Waals surface area contributed by atoms with E-state index < -0.39 is 0 Å². The number of fused-ring (bicyclic) bond motifs is 1. The number of carbonyl (C=O) groups is 1. The third-order valence-corrected chi connectivity index (χ3v) is 4.26. The summed E-state index contributed by atoms with van der Waals surface area (Å²) in [5.74, 6) is 0. The van der Waals surface area contributed by atoms with Gasteiger partial charge < -0.3 is 9.64 Å². The normalized spacial score (nSPS) is 13.7. The number of hydrogen-bond acceptors (Lipinski definition) is 3. The lowest BCUT2D eigenvalue weighted by Gasteiger charge is -2.28. The molecule has 0 saturated heterocycles. The van der Waals surface area contributed by atoms with Gasteiger partial charge in [-0.15, -0.1) is 0 Å². The van der Waals surface area contributed by atoms with Crippen molar-refractivity contribution < 1.29 is 9.53 Å². The molecule has 23 heavy (non-hydrogen) atoms. The number of rotatable bonds is 4. The number of amides is 1.